The van der Waals surface area contributed by atoms with Crippen LogP contribution < -0.4 is 5.32 Å². The van der Waals surface area contributed by atoms with Crippen LogP contribution >= 0.6 is 11.6 Å². The number of nitrogens with zero attached hydrogens (tertiary/aromatic N) is 3. The second-order valence-corrected chi connectivity index (χ2v) is 7.50. The molecule has 0 saturated carbocycles. The van der Waals surface area contributed by atoms with Crippen LogP contribution in [0.4, 0.5) is 5.82 Å². The Morgan fingerprint density at radius 3 is 2.57 bits per heavy atom. The monoisotopic (exact) mass is 310 g/mol. The largest absolute Gasteiger partial charge is 0.370 e. The Bertz CT molecular complexity index is 462. The maximum Gasteiger partial charge on any atom is 0.137 e. The Kier molecular flexibility index (Phi) is 5.44. The molecule has 1 aliphatic rings. The predicted octanol–water partition coefficient (Wildman–Crippen LogP) is 3.57. The summed E-state index contributed by atoms with van der Waals surface area (Å²) in [7, 11) is 2.20. The van der Waals surface area contributed by atoms with Gasteiger partial charge in [-0.1, -0.05) is 32.4 Å². The number of hydrogen-bond donors (Lipinski definition) is 1. The van der Waals surface area contributed by atoms with E-state index in [9.17, 15) is 0 Å². The standard InChI is InChI=1S/C16H27ClN4/c1-16(2,3)15-19-13(17)11-14(20-15)18-8-5-12-6-9-21(4)10-7-12/h11-12H,5-10H2,1-4H3,(H,18,19,20). The third-order valence-corrected chi connectivity index (χ3v) is 4.26. The second-order valence-electron chi connectivity index (χ2n) is 7.11. The lowest BCUT2D eigenvalue weighted by Crippen LogP contribution is -2.30. The summed E-state index contributed by atoms with van der Waals surface area (Å²) in [6.45, 7) is 9.69. The highest BCUT2D eigenvalue weighted by Crippen LogP contribution is 2.23. The van der Waals surface area contributed by atoms with E-state index in [1.165, 1.54) is 32.4 Å². The van der Waals surface area contributed by atoms with Crippen molar-refractivity contribution in [1.29, 1.82) is 0 Å². The number of hydrogen-bond acceptors (Lipinski definition) is 4. The molecule has 0 aliphatic carbocycles. The molecule has 2 rings (SSSR count). The van der Waals surface area contributed by atoms with E-state index in [4.69, 9.17) is 11.6 Å². The highest BCUT2D eigenvalue weighted by atomic mass is 35.5. The highest BCUT2D eigenvalue weighted by molar-refractivity contribution is 6.29. The van der Waals surface area contributed by atoms with Gasteiger partial charge in [0.25, 0.3) is 0 Å². The van der Waals surface area contributed by atoms with Gasteiger partial charge in [-0.25, -0.2) is 9.97 Å². The number of halogens is 1. The quantitative estimate of drug-likeness (QED) is 0.863. The van der Waals surface area contributed by atoms with E-state index in [1.807, 2.05) is 6.07 Å². The summed E-state index contributed by atoms with van der Waals surface area (Å²) >= 11 is 6.10. The minimum Gasteiger partial charge on any atom is -0.370 e. The van der Waals surface area contributed by atoms with Crippen LogP contribution in [0.3, 0.4) is 0 Å². The average Bonchev–Trinajstić information content (AvgIpc) is 2.39. The molecule has 0 spiro atoms. The van der Waals surface area contributed by atoms with Crippen LogP contribution in [0.2, 0.25) is 5.15 Å². The van der Waals surface area contributed by atoms with Crippen molar-refractivity contribution in [3.05, 3.63) is 17.0 Å². The molecular weight excluding hydrogens is 284 g/mol. The summed E-state index contributed by atoms with van der Waals surface area (Å²) in [5.41, 5.74) is -0.0880. The van der Waals surface area contributed by atoms with Crippen LogP contribution in [0.25, 0.3) is 0 Å². The molecule has 5 heteroatoms. The van der Waals surface area contributed by atoms with E-state index in [-0.39, 0.29) is 5.41 Å². The van der Waals surface area contributed by atoms with Gasteiger partial charge >= 0.3 is 0 Å². The fourth-order valence-electron chi connectivity index (χ4n) is 2.60. The van der Waals surface area contributed by atoms with Gasteiger partial charge in [0, 0.05) is 18.0 Å². The summed E-state index contributed by atoms with van der Waals surface area (Å²) in [5, 5.41) is 3.92. The van der Waals surface area contributed by atoms with Gasteiger partial charge in [-0.05, 0) is 45.3 Å². The van der Waals surface area contributed by atoms with Crippen LogP contribution in [-0.2, 0) is 5.41 Å². The molecular formula is C16H27ClN4. The molecule has 4 nitrogen and oxygen atoms in total. The molecule has 1 fully saturated rings. The fourth-order valence-corrected chi connectivity index (χ4v) is 2.78. The van der Waals surface area contributed by atoms with Gasteiger partial charge in [0.05, 0.1) is 0 Å². The molecule has 118 valence electrons. The van der Waals surface area contributed by atoms with E-state index >= 15 is 0 Å². The number of aromatic nitrogens is 2. The normalized spacial score (nSPS) is 18.0. The van der Waals surface area contributed by atoms with E-state index < -0.39 is 0 Å². The van der Waals surface area contributed by atoms with Gasteiger partial charge in [0.2, 0.25) is 0 Å². The Morgan fingerprint density at radius 2 is 1.95 bits per heavy atom. The van der Waals surface area contributed by atoms with Crippen LogP contribution in [0.15, 0.2) is 6.07 Å². The Balaban J connectivity index is 1.87. The molecule has 1 aliphatic heterocycles. The van der Waals surface area contributed by atoms with Crippen LogP contribution in [0.5, 0.6) is 0 Å². The molecule has 0 amide bonds. The zero-order chi connectivity index (χ0) is 15.5. The van der Waals surface area contributed by atoms with E-state index in [0.717, 1.165) is 24.1 Å². The van der Waals surface area contributed by atoms with Crippen LogP contribution in [0, 0.1) is 5.92 Å². The molecule has 0 radical (unpaired) electrons. The third-order valence-electron chi connectivity index (χ3n) is 4.06. The molecule has 1 saturated heterocycles. The maximum atomic E-state index is 6.10. The fraction of sp³-hybridized carbons (Fsp3) is 0.750. The average molecular weight is 311 g/mol. The first kappa shape index (κ1) is 16.5. The van der Waals surface area contributed by atoms with Crippen LogP contribution in [0.1, 0.15) is 45.9 Å². The zero-order valence-corrected chi connectivity index (χ0v) is 14.4. The number of likely N-dealkylation sites (tertiary alicyclic amines) is 1. The summed E-state index contributed by atoms with van der Waals surface area (Å²) in [6.07, 6.45) is 3.80. The van der Waals surface area contributed by atoms with Gasteiger partial charge in [0.15, 0.2) is 0 Å². The van der Waals surface area contributed by atoms with Crippen molar-refractivity contribution in [2.45, 2.75) is 45.4 Å². The van der Waals surface area contributed by atoms with Crippen LogP contribution in [-0.4, -0.2) is 41.5 Å². The number of nitrogens with one attached hydrogen (secondary N) is 1. The van der Waals surface area contributed by atoms with Crippen molar-refractivity contribution >= 4 is 17.4 Å². The molecule has 1 N–H and O–H groups in total. The van der Waals surface area contributed by atoms with Crippen molar-refractivity contribution in [2.24, 2.45) is 5.92 Å². The minimum atomic E-state index is -0.0880. The smallest absolute Gasteiger partial charge is 0.137 e. The molecule has 0 bridgehead atoms. The van der Waals surface area contributed by atoms with Gasteiger partial charge in [-0.3, -0.25) is 0 Å². The first-order valence-electron chi connectivity index (χ1n) is 7.82. The molecule has 0 unspecified atom stereocenters. The number of anilines is 1. The topological polar surface area (TPSA) is 41.0 Å². The van der Waals surface area contributed by atoms with E-state index in [0.29, 0.717) is 5.15 Å². The SMILES string of the molecule is CN1CCC(CCNc2cc(Cl)nc(C(C)(C)C)n2)CC1. The lowest BCUT2D eigenvalue weighted by molar-refractivity contribution is 0.215. The van der Waals surface area contributed by atoms with Crippen molar-refractivity contribution in [1.82, 2.24) is 14.9 Å². The molecule has 1 aromatic rings. The van der Waals surface area contributed by atoms with Gasteiger partial charge in [-0.15, -0.1) is 0 Å². The number of rotatable bonds is 4. The Hall–Kier alpha value is -0.870. The lowest BCUT2D eigenvalue weighted by Gasteiger charge is -2.29. The highest BCUT2D eigenvalue weighted by Gasteiger charge is 2.19. The first-order chi connectivity index (χ1) is 9.84. The second kappa shape index (κ2) is 6.93. The maximum absolute atomic E-state index is 6.10. The Labute approximate surface area is 133 Å². The van der Waals surface area contributed by atoms with Crippen molar-refractivity contribution in [3.63, 3.8) is 0 Å². The van der Waals surface area contributed by atoms with Crippen molar-refractivity contribution < 1.29 is 0 Å². The molecule has 1 aromatic heterocycles. The molecule has 21 heavy (non-hydrogen) atoms. The zero-order valence-electron chi connectivity index (χ0n) is 13.6. The predicted molar refractivity (Wildman–Crippen MR) is 89.1 cm³/mol. The summed E-state index contributed by atoms with van der Waals surface area (Å²) in [4.78, 5) is 11.3. The minimum absolute atomic E-state index is 0.0880. The summed E-state index contributed by atoms with van der Waals surface area (Å²) < 4.78 is 0. The lowest BCUT2D eigenvalue weighted by atomic mass is 9.94. The van der Waals surface area contributed by atoms with Gasteiger partial charge in [-0.2, -0.15) is 0 Å². The van der Waals surface area contributed by atoms with Crippen molar-refractivity contribution in [2.75, 3.05) is 32.0 Å². The van der Waals surface area contributed by atoms with Gasteiger partial charge in [0.1, 0.15) is 16.8 Å². The number of piperidine rings is 1. The van der Waals surface area contributed by atoms with Gasteiger partial charge < -0.3 is 10.2 Å². The summed E-state index contributed by atoms with van der Waals surface area (Å²) in [5.74, 6) is 2.46. The molecule has 0 atom stereocenters. The third kappa shape index (κ3) is 5.11. The Morgan fingerprint density at radius 1 is 1.29 bits per heavy atom. The van der Waals surface area contributed by atoms with E-state index in [2.05, 4.69) is 48.0 Å². The molecule has 2 heterocycles. The van der Waals surface area contributed by atoms with E-state index in [1.54, 1.807) is 0 Å². The summed E-state index contributed by atoms with van der Waals surface area (Å²) in [6, 6.07) is 1.81. The molecule has 0 aromatic carbocycles. The van der Waals surface area contributed by atoms with Crippen molar-refractivity contribution in [3.8, 4) is 0 Å². The first-order valence-corrected chi connectivity index (χ1v) is 8.20.